The summed E-state index contributed by atoms with van der Waals surface area (Å²) in [6.45, 7) is 0. The van der Waals surface area contributed by atoms with Crippen LogP contribution in [-0.4, -0.2) is 32.1 Å². The van der Waals surface area contributed by atoms with E-state index in [0.29, 0.717) is 0 Å². The molecule has 9 nitrogen and oxygen atoms in total. The van der Waals surface area contributed by atoms with Gasteiger partial charge in [-0.2, -0.15) is 16.8 Å². The van der Waals surface area contributed by atoms with E-state index in [1.54, 1.807) is 0 Å². The van der Waals surface area contributed by atoms with Gasteiger partial charge >= 0.3 is 102 Å². The summed E-state index contributed by atoms with van der Waals surface area (Å²) in [5.41, 5.74) is 0. The summed E-state index contributed by atoms with van der Waals surface area (Å²) in [6, 6.07) is 0. The third-order valence-corrected chi connectivity index (χ3v) is 1.04. The van der Waals surface area contributed by atoms with Gasteiger partial charge in [-0.1, -0.05) is 0 Å². The molecule has 0 atom stereocenters. The zero-order valence-corrected chi connectivity index (χ0v) is 10.7. The van der Waals surface area contributed by atoms with E-state index in [1.165, 1.54) is 0 Å². The van der Waals surface area contributed by atoms with Crippen LogP contribution in [0.2, 0.25) is 0 Å². The van der Waals surface area contributed by atoms with Crippen molar-refractivity contribution >= 4 is 27.0 Å². The van der Waals surface area contributed by atoms with E-state index in [9.17, 15) is 21.6 Å². The molecule has 0 spiro atoms. The predicted octanol–water partition coefficient (Wildman–Crippen LogP) is -12.8. The molecule has 16 heavy (non-hydrogen) atoms. The molecule has 0 aliphatic rings. The van der Waals surface area contributed by atoms with Crippen LogP contribution in [0.3, 0.4) is 0 Å². The average molecular weight is 254 g/mol. The number of carbonyl (C=O) groups is 1. The molecule has 0 amide bonds. The van der Waals surface area contributed by atoms with Crippen molar-refractivity contribution in [3.63, 3.8) is 0 Å². The van der Waals surface area contributed by atoms with Crippen molar-refractivity contribution in [2.45, 2.75) is 0 Å². The fourth-order valence-electron chi connectivity index (χ4n) is 0.186. The maximum absolute atomic E-state index is 9.95. The molecule has 0 aliphatic carbocycles. The number of hydrogen-bond donors (Lipinski definition) is 2. The van der Waals surface area contributed by atoms with Crippen LogP contribution in [0, 0.1) is 0 Å². The summed E-state index contributed by atoms with van der Waals surface area (Å²) in [6.07, 6.45) is -2.29. The van der Waals surface area contributed by atoms with E-state index in [2.05, 4.69) is 8.37 Å². The van der Waals surface area contributed by atoms with Gasteiger partial charge in [0, 0.05) is 0 Å². The largest absolute Gasteiger partial charge is 1.00 e. The molecule has 0 aromatic heterocycles. The predicted molar refractivity (Wildman–Crippen MR) is 35.1 cm³/mol. The Morgan fingerprint density at radius 3 is 1.12 bits per heavy atom. The SMILES string of the molecule is O=C(OS(=O)(=O)O)OS(=O)(=O)O.[H-].[H-].[H-].[H-].[Li+].[Li+].[Li+].[Li+]. The van der Waals surface area contributed by atoms with Crippen molar-refractivity contribution in [1.82, 2.24) is 0 Å². The quantitative estimate of drug-likeness (QED) is 0.362. The third-order valence-electron chi connectivity index (χ3n) is 0.347. The van der Waals surface area contributed by atoms with Crippen LogP contribution in [0.25, 0.3) is 0 Å². The van der Waals surface area contributed by atoms with Gasteiger partial charge in [-0.25, -0.2) is 4.79 Å². The average Bonchev–Trinajstić information content (AvgIpc) is 1.49. The Hall–Kier alpha value is 1.48. The monoisotopic (exact) mass is 254 g/mol. The minimum atomic E-state index is -5.15. The van der Waals surface area contributed by atoms with Gasteiger partial charge in [0.15, 0.2) is 0 Å². The fraction of sp³-hybridized carbons (Fsp3) is 0. The summed E-state index contributed by atoms with van der Waals surface area (Å²) >= 11 is 0. The van der Waals surface area contributed by atoms with Crippen molar-refractivity contribution in [2.24, 2.45) is 0 Å². The minimum absolute atomic E-state index is 0. The normalized spacial score (nSPS) is 9.12. The second-order valence-electron chi connectivity index (χ2n) is 1.27. The molecular weight excluding hydrogens is 248 g/mol. The minimum Gasteiger partial charge on any atom is -1.00 e. The van der Waals surface area contributed by atoms with Crippen LogP contribution in [0.1, 0.15) is 5.71 Å². The van der Waals surface area contributed by atoms with Crippen LogP contribution >= 0.6 is 0 Å². The van der Waals surface area contributed by atoms with Crippen molar-refractivity contribution in [2.75, 3.05) is 0 Å². The van der Waals surface area contributed by atoms with Gasteiger partial charge in [-0.15, -0.1) is 0 Å². The van der Waals surface area contributed by atoms with Crippen LogP contribution in [0.5, 0.6) is 0 Å². The molecule has 0 heterocycles. The Morgan fingerprint density at radius 1 is 0.812 bits per heavy atom. The van der Waals surface area contributed by atoms with Gasteiger partial charge < -0.3 is 5.71 Å². The summed E-state index contributed by atoms with van der Waals surface area (Å²) in [5, 5.41) is 0. The van der Waals surface area contributed by atoms with E-state index in [4.69, 9.17) is 9.11 Å². The Morgan fingerprint density at radius 2 is 1.00 bits per heavy atom. The molecule has 0 saturated heterocycles. The number of hydrogen-bond acceptors (Lipinski definition) is 7. The number of carbonyl (C=O) groups excluding carboxylic acids is 1. The molecule has 0 fully saturated rings. The van der Waals surface area contributed by atoms with Crippen LogP contribution in [-0.2, 0) is 29.2 Å². The first-order valence-corrected chi connectivity index (χ1v) is 4.71. The summed E-state index contributed by atoms with van der Waals surface area (Å²) < 4.78 is 60.1. The van der Waals surface area contributed by atoms with Crippen molar-refractivity contribution in [3.8, 4) is 0 Å². The molecule has 0 unspecified atom stereocenters. The summed E-state index contributed by atoms with van der Waals surface area (Å²) in [4.78, 5) is 9.95. The van der Waals surface area contributed by atoms with E-state index in [1.807, 2.05) is 0 Å². The van der Waals surface area contributed by atoms with Crippen molar-refractivity contribution in [3.05, 3.63) is 0 Å². The van der Waals surface area contributed by atoms with Gasteiger partial charge in [-0.05, 0) is 0 Å². The van der Waals surface area contributed by atoms with Crippen LogP contribution in [0.15, 0.2) is 0 Å². The summed E-state index contributed by atoms with van der Waals surface area (Å²) in [7, 11) is -10.3. The fourth-order valence-corrected chi connectivity index (χ4v) is 0.641. The first-order valence-electron chi connectivity index (χ1n) is 1.98. The molecule has 80 valence electrons. The first-order chi connectivity index (χ1) is 5.10. The Kier molecular flexibility index (Phi) is 22.0. The molecule has 15 heteroatoms. The molecule has 0 bridgehead atoms. The molecule has 0 aromatic carbocycles. The molecule has 0 aromatic rings. The van der Waals surface area contributed by atoms with Crippen LogP contribution < -0.4 is 75.4 Å². The maximum atomic E-state index is 9.95. The molecule has 0 radical (unpaired) electrons. The molecular formula is CH6Li4O9S2. The van der Waals surface area contributed by atoms with Crippen molar-refractivity contribution in [1.29, 1.82) is 0 Å². The molecule has 0 rings (SSSR count). The molecule has 0 aliphatic heterocycles. The van der Waals surface area contributed by atoms with Gasteiger partial charge in [0.25, 0.3) is 0 Å². The zero-order valence-electron chi connectivity index (χ0n) is 13.1. The van der Waals surface area contributed by atoms with Crippen molar-refractivity contribution < 1.29 is 120 Å². The Bertz CT molecular complexity index is 347. The smallest absolute Gasteiger partial charge is 1.00 e. The molecule has 0 saturated carbocycles. The molecule has 2 N–H and O–H groups in total. The van der Waals surface area contributed by atoms with Gasteiger partial charge in [0.1, 0.15) is 0 Å². The standard InChI is InChI=1S/CH2O9S2.4Li.4H/c2-1(9-11(3,4)5)10-12(6,7)8;;;;;;;;/h(H,3,4,5)(H,6,7,8);;;;;;;;/q;4*+1;4*-1. The van der Waals surface area contributed by atoms with Gasteiger partial charge in [-0.3, -0.25) is 17.5 Å². The third kappa shape index (κ3) is 24.6. The van der Waals surface area contributed by atoms with Gasteiger partial charge in [0.05, 0.1) is 0 Å². The Labute approximate surface area is 146 Å². The van der Waals surface area contributed by atoms with E-state index >= 15 is 0 Å². The topological polar surface area (TPSA) is 144 Å². The van der Waals surface area contributed by atoms with E-state index in [0.717, 1.165) is 0 Å². The maximum Gasteiger partial charge on any atom is 1.00 e. The Balaban J connectivity index is -0.0000000216. The summed E-state index contributed by atoms with van der Waals surface area (Å²) in [5.74, 6) is 0. The van der Waals surface area contributed by atoms with E-state index in [-0.39, 0.29) is 81.1 Å². The van der Waals surface area contributed by atoms with Crippen LogP contribution in [0.4, 0.5) is 4.79 Å². The second kappa shape index (κ2) is 11.6. The van der Waals surface area contributed by atoms with E-state index < -0.39 is 27.0 Å². The first kappa shape index (κ1) is 30.5. The zero-order chi connectivity index (χ0) is 9.99. The van der Waals surface area contributed by atoms with Gasteiger partial charge in [0.2, 0.25) is 0 Å². The second-order valence-corrected chi connectivity index (χ2v) is 3.32. The number of rotatable bonds is 2.